The van der Waals surface area contributed by atoms with Crippen LogP contribution in [0.3, 0.4) is 0 Å². The van der Waals surface area contributed by atoms with Gasteiger partial charge in [0.1, 0.15) is 6.04 Å². The number of carbonyl (C=O) groups excluding carboxylic acids is 1. The van der Waals surface area contributed by atoms with E-state index < -0.39 is 12.0 Å². The number of nitrogens with one attached hydrogen (secondary N) is 1. The van der Waals surface area contributed by atoms with Crippen LogP contribution in [-0.4, -0.2) is 52.1 Å². The van der Waals surface area contributed by atoms with Crippen LogP contribution in [0.4, 0.5) is 4.79 Å². The molecule has 0 aromatic rings. The second kappa shape index (κ2) is 6.14. The average Bonchev–Trinajstić information content (AvgIpc) is 2.25. The first-order valence-electron chi connectivity index (χ1n) is 5.81. The first kappa shape index (κ1) is 14.2. The van der Waals surface area contributed by atoms with E-state index in [0.717, 1.165) is 11.5 Å². The van der Waals surface area contributed by atoms with Crippen molar-refractivity contribution in [3.05, 3.63) is 0 Å². The van der Waals surface area contributed by atoms with Crippen LogP contribution in [0.2, 0.25) is 0 Å². The number of hydrogen-bond acceptors (Lipinski definition) is 3. The SMILES string of the molecule is CC(C)[C@H](NC(=O)N1CCSCC1C)C(=O)O. The molecule has 0 aromatic heterocycles. The van der Waals surface area contributed by atoms with Gasteiger partial charge in [-0.1, -0.05) is 13.8 Å². The molecule has 0 aromatic carbocycles. The van der Waals surface area contributed by atoms with E-state index in [1.54, 1.807) is 18.7 Å². The number of carboxylic acids is 1. The number of carbonyl (C=O) groups is 2. The molecule has 17 heavy (non-hydrogen) atoms. The molecule has 0 spiro atoms. The zero-order valence-corrected chi connectivity index (χ0v) is 11.3. The predicted octanol–water partition coefficient (Wildman–Crippen LogP) is 1.24. The molecule has 1 heterocycles. The maximum Gasteiger partial charge on any atom is 0.326 e. The predicted molar refractivity (Wildman–Crippen MR) is 68.3 cm³/mol. The molecule has 1 saturated heterocycles. The molecule has 0 saturated carbocycles. The fourth-order valence-electron chi connectivity index (χ4n) is 1.76. The molecule has 5 nitrogen and oxygen atoms in total. The Morgan fingerprint density at radius 3 is 2.59 bits per heavy atom. The molecule has 1 aliphatic rings. The van der Waals surface area contributed by atoms with E-state index in [9.17, 15) is 9.59 Å². The van der Waals surface area contributed by atoms with Gasteiger partial charge in [0.15, 0.2) is 0 Å². The third-order valence-corrected chi connectivity index (χ3v) is 4.03. The van der Waals surface area contributed by atoms with Gasteiger partial charge in [0.25, 0.3) is 0 Å². The lowest BCUT2D eigenvalue weighted by atomic mass is 10.1. The molecule has 98 valence electrons. The van der Waals surface area contributed by atoms with Crippen LogP contribution in [0.5, 0.6) is 0 Å². The zero-order valence-electron chi connectivity index (χ0n) is 10.5. The Labute approximate surface area is 106 Å². The molecule has 6 heteroatoms. The van der Waals surface area contributed by atoms with Gasteiger partial charge in [0.05, 0.1) is 0 Å². The summed E-state index contributed by atoms with van der Waals surface area (Å²) in [5, 5.41) is 11.6. The Balaban J connectivity index is 2.60. The second-order valence-electron chi connectivity index (χ2n) is 4.63. The van der Waals surface area contributed by atoms with Gasteiger partial charge in [-0.2, -0.15) is 11.8 Å². The molecule has 1 unspecified atom stereocenters. The molecule has 2 amide bonds. The Kier molecular flexibility index (Phi) is 5.11. The van der Waals surface area contributed by atoms with Gasteiger partial charge >= 0.3 is 12.0 Å². The number of amides is 2. The first-order valence-corrected chi connectivity index (χ1v) is 6.96. The highest BCUT2D eigenvalue weighted by Gasteiger charge is 2.29. The fraction of sp³-hybridized carbons (Fsp3) is 0.818. The molecular weight excluding hydrogens is 240 g/mol. The van der Waals surface area contributed by atoms with E-state index in [2.05, 4.69) is 5.32 Å². The number of urea groups is 1. The quantitative estimate of drug-likeness (QED) is 0.801. The summed E-state index contributed by atoms with van der Waals surface area (Å²) in [6.07, 6.45) is 0. The van der Waals surface area contributed by atoms with Crippen molar-refractivity contribution in [1.29, 1.82) is 0 Å². The highest BCUT2D eigenvalue weighted by atomic mass is 32.2. The van der Waals surface area contributed by atoms with Gasteiger partial charge in [-0.15, -0.1) is 0 Å². The number of aliphatic carboxylic acids is 1. The topological polar surface area (TPSA) is 69.6 Å². The maximum atomic E-state index is 12.0. The molecule has 1 aliphatic heterocycles. The third kappa shape index (κ3) is 3.80. The highest BCUT2D eigenvalue weighted by molar-refractivity contribution is 7.99. The van der Waals surface area contributed by atoms with Crippen molar-refractivity contribution < 1.29 is 14.7 Å². The maximum absolute atomic E-state index is 12.0. The average molecular weight is 260 g/mol. The molecule has 0 radical (unpaired) electrons. The Hall–Kier alpha value is -0.910. The summed E-state index contributed by atoms with van der Waals surface area (Å²) in [4.78, 5) is 24.7. The molecular formula is C11H20N2O3S. The summed E-state index contributed by atoms with van der Waals surface area (Å²) < 4.78 is 0. The first-order chi connectivity index (χ1) is 7.93. The normalized spacial score (nSPS) is 22.4. The van der Waals surface area contributed by atoms with Crippen LogP contribution in [0.25, 0.3) is 0 Å². The number of carboxylic acid groups (broad SMARTS) is 1. The third-order valence-electron chi connectivity index (χ3n) is 2.84. The van der Waals surface area contributed by atoms with Crippen LogP contribution < -0.4 is 5.32 Å². The zero-order chi connectivity index (χ0) is 13.0. The minimum atomic E-state index is -0.979. The lowest BCUT2D eigenvalue weighted by Crippen LogP contribution is -2.54. The van der Waals surface area contributed by atoms with E-state index >= 15 is 0 Å². The monoisotopic (exact) mass is 260 g/mol. The highest BCUT2D eigenvalue weighted by Crippen LogP contribution is 2.16. The van der Waals surface area contributed by atoms with Crippen LogP contribution in [0.1, 0.15) is 20.8 Å². The summed E-state index contributed by atoms with van der Waals surface area (Å²) in [6.45, 7) is 6.24. The van der Waals surface area contributed by atoms with Gasteiger partial charge < -0.3 is 15.3 Å². The number of thioether (sulfide) groups is 1. The van der Waals surface area contributed by atoms with Crippen molar-refractivity contribution in [1.82, 2.24) is 10.2 Å². The van der Waals surface area contributed by atoms with Crippen LogP contribution in [0.15, 0.2) is 0 Å². The Morgan fingerprint density at radius 1 is 1.47 bits per heavy atom. The molecule has 2 N–H and O–H groups in total. The number of hydrogen-bond donors (Lipinski definition) is 2. The van der Waals surface area contributed by atoms with E-state index in [-0.39, 0.29) is 18.0 Å². The van der Waals surface area contributed by atoms with Gasteiger partial charge in [-0.3, -0.25) is 0 Å². The molecule has 1 rings (SSSR count). The summed E-state index contributed by atoms with van der Waals surface area (Å²) in [7, 11) is 0. The summed E-state index contributed by atoms with van der Waals surface area (Å²) in [6, 6.07) is -0.918. The lowest BCUT2D eigenvalue weighted by Gasteiger charge is -2.34. The van der Waals surface area contributed by atoms with Gasteiger partial charge in [0.2, 0.25) is 0 Å². The lowest BCUT2D eigenvalue weighted by molar-refractivity contribution is -0.140. The minimum Gasteiger partial charge on any atom is -0.480 e. The number of nitrogens with zero attached hydrogens (tertiary/aromatic N) is 1. The Bertz CT molecular complexity index is 296. The molecule has 0 bridgehead atoms. The summed E-state index contributed by atoms with van der Waals surface area (Å²) in [5.74, 6) is 0.725. The molecule has 1 fully saturated rings. The second-order valence-corrected chi connectivity index (χ2v) is 5.78. The van der Waals surface area contributed by atoms with Crippen molar-refractivity contribution in [2.45, 2.75) is 32.9 Å². The van der Waals surface area contributed by atoms with E-state index in [0.29, 0.717) is 6.54 Å². The van der Waals surface area contributed by atoms with Crippen molar-refractivity contribution in [3.8, 4) is 0 Å². The van der Waals surface area contributed by atoms with Crippen LogP contribution >= 0.6 is 11.8 Å². The summed E-state index contributed by atoms with van der Waals surface area (Å²) in [5.41, 5.74) is 0. The minimum absolute atomic E-state index is 0.120. The van der Waals surface area contributed by atoms with Crippen molar-refractivity contribution in [2.75, 3.05) is 18.1 Å². The van der Waals surface area contributed by atoms with Gasteiger partial charge in [0, 0.05) is 24.1 Å². The fourth-order valence-corrected chi connectivity index (χ4v) is 2.77. The van der Waals surface area contributed by atoms with E-state index in [1.807, 2.05) is 18.7 Å². The van der Waals surface area contributed by atoms with Crippen LogP contribution in [-0.2, 0) is 4.79 Å². The van der Waals surface area contributed by atoms with Crippen molar-refractivity contribution in [3.63, 3.8) is 0 Å². The number of rotatable bonds is 3. The molecule has 2 atom stereocenters. The van der Waals surface area contributed by atoms with Crippen LogP contribution in [0, 0.1) is 5.92 Å². The van der Waals surface area contributed by atoms with Gasteiger partial charge in [-0.05, 0) is 12.8 Å². The summed E-state index contributed by atoms with van der Waals surface area (Å²) >= 11 is 1.82. The smallest absolute Gasteiger partial charge is 0.326 e. The van der Waals surface area contributed by atoms with Crippen molar-refractivity contribution >= 4 is 23.8 Å². The van der Waals surface area contributed by atoms with E-state index in [4.69, 9.17) is 5.11 Å². The van der Waals surface area contributed by atoms with E-state index in [1.165, 1.54) is 0 Å². The largest absolute Gasteiger partial charge is 0.480 e. The van der Waals surface area contributed by atoms with Crippen molar-refractivity contribution in [2.24, 2.45) is 5.92 Å². The standard InChI is InChI=1S/C11H20N2O3S/c1-7(2)9(10(14)15)12-11(16)13-4-5-17-6-8(13)3/h7-9H,4-6H2,1-3H3,(H,12,16)(H,14,15)/t8?,9-/m0/s1. The Morgan fingerprint density at radius 2 is 2.12 bits per heavy atom. The molecule has 0 aliphatic carbocycles. The van der Waals surface area contributed by atoms with Gasteiger partial charge in [-0.25, -0.2) is 9.59 Å².